The third-order valence-electron chi connectivity index (χ3n) is 6.73. The highest BCUT2D eigenvalue weighted by Gasteiger charge is 2.81. The van der Waals surface area contributed by atoms with Crippen molar-refractivity contribution in [1.29, 1.82) is 0 Å². The van der Waals surface area contributed by atoms with Gasteiger partial charge in [0.15, 0.2) is 22.0 Å². The first-order chi connectivity index (χ1) is 14.5. The lowest BCUT2D eigenvalue weighted by atomic mass is 9.87. The molecule has 9 nitrogen and oxygen atoms in total. The molecule has 2 amide bonds. The monoisotopic (exact) mass is 505 g/mol. The lowest BCUT2D eigenvalue weighted by molar-refractivity contribution is -0.166. The zero-order chi connectivity index (χ0) is 22.7. The van der Waals surface area contributed by atoms with Gasteiger partial charge in [0.1, 0.15) is 12.3 Å². The van der Waals surface area contributed by atoms with Crippen LogP contribution in [0.3, 0.4) is 0 Å². The molecule has 0 radical (unpaired) electrons. The van der Waals surface area contributed by atoms with E-state index in [0.717, 1.165) is 10.8 Å². The minimum Gasteiger partial charge on any atom is -0.491 e. The molecular formula is C18H20ClN3O6S3. The second-order valence-corrected chi connectivity index (χ2v) is 12.9. The summed E-state index contributed by atoms with van der Waals surface area (Å²) >= 11 is 6.41. The number of aliphatic hydroxyl groups is 2. The van der Waals surface area contributed by atoms with Crippen LogP contribution in [0.1, 0.15) is 12.5 Å². The number of ether oxygens (including phenoxy) is 2. The summed E-state index contributed by atoms with van der Waals surface area (Å²) < 4.78 is 10.9. The molecule has 0 aromatic heterocycles. The van der Waals surface area contributed by atoms with Crippen molar-refractivity contribution < 1.29 is 29.3 Å². The average molecular weight is 506 g/mol. The van der Waals surface area contributed by atoms with Crippen LogP contribution in [0.15, 0.2) is 6.07 Å². The molecule has 6 rings (SSSR count). The van der Waals surface area contributed by atoms with Gasteiger partial charge >= 0.3 is 0 Å². The van der Waals surface area contributed by atoms with Crippen molar-refractivity contribution >= 4 is 60.5 Å². The van der Waals surface area contributed by atoms with E-state index in [4.69, 9.17) is 21.1 Å². The van der Waals surface area contributed by atoms with E-state index in [1.807, 2.05) is 0 Å². The van der Waals surface area contributed by atoms with Gasteiger partial charge in [0, 0.05) is 19.7 Å². The molecule has 5 aliphatic heterocycles. The van der Waals surface area contributed by atoms with Gasteiger partial charge in [-0.1, -0.05) is 11.6 Å². The Kier molecular flexibility index (Phi) is 4.50. The highest BCUT2D eigenvalue weighted by atomic mass is 35.5. The summed E-state index contributed by atoms with van der Waals surface area (Å²) in [5.74, 6) is -0.257. The molecule has 31 heavy (non-hydrogen) atoms. The lowest BCUT2D eigenvalue weighted by Gasteiger charge is -2.50. The van der Waals surface area contributed by atoms with Crippen molar-refractivity contribution in [2.24, 2.45) is 0 Å². The number of amides is 2. The highest BCUT2D eigenvalue weighted by Crippen LogP contribution is 2.69. The molecule has 0 unspecified atom stereocenters. The molecule has 4 saturated heterocycles. The normalized spacial score (nSPS) is 38.3. The fourth-order valence-corrected chi connectivity index (χ4v) is 11.3. The number of likely N-dealkylation sites (N-methyl/N-ethyl adjacent to an activating group) is 2. The quantitative estimate of drug-likeness (QED) is 0.574. The first kappa shape index (κ1) is 21.7. The Morgan fingerprint density at radius 1 is 1.13 bits per heavy atom. The van der Waals surface area contributed by atoms with Crippen molar-refractivity contribution in [3.8, 4) is 11.5 Å². The maximum atomic E-state index is 13.8. The number of methoxy groups -OCH3 is 2. The van der Waals surface area contributed by atoms with Crippen LogP contribution < -0.4 is 14.4 Å². The Hall–Kier alpha value is -1.18. The van der Waals surface area contributed by atoms with Gasteiger partial charge in [-0.05, 0) is 44.4 Å². The summed E-state index contributed by atoms with van der Waals surface area (Å²) in [6, 6.07) is 1.50. The van der Waals surface area contributed by atoms with Crippen LogP contribution in [0.2, 0.25) is 5.02 Å². The van der Waals surface area contributed by atoms with E-state index in [0.29, 0.717) is 5.69 Å². The number of rotatable bonds is 2. The molecule has 2 bridgehead atoms. The van der Waals surface area contributed by atoms with Gasteiger partial charge in [-0.2, -0.15) is 0 Å². The van der Waals surface area contributed by atoms with E-state index in [2.05, 4.69) is 0 Å². The number of aliphatic hydroxyl groups excluding tert-OH is 1. The molecule has 13 heteroatoms. The molecule has 0 saturated carbocycles. The third kappa shape index (κ3) is 2.12. The van der Waals surface area contributed by atoms with Gasteiger partial charge in [-0.3, -0.25) is 14.5 Å². The van der Waals surface area contributed by atoms with E-state index in [-0.39, 0.29) is 28.0 Å². The van der Waals surface area contributed by atoms with Crippen molar-refractivity contribution in [2.75, 3.05) is 33.2 Å². The fraction of sp³-hybridized carbons (Fsp3) is 0.556. The van der Waals surface area contributed by atoms with E-state index in [1.165, 1.54) is 50.7 Å². The number of carbonyl (C=O) groups excluding carboxylic acids is 2. The molecule has 1 aromatic carbocycles. The highest BCUT2D eigenvalue weighted by molar-refractivity contribution is 9.10. The molecule has 5 aliphatic rings. The molecule has 2 N–H and O–H groups in total. The fourth-order valence-electron chi connectivity index (χ4n) is 5.09. The Morgan fingerprint density at radius 3 is 2.39 bits per heavy atom. The molecule has 0 aliphatic carbocycles. The van der Waals surface area contributed by atoms with Crippen molar-refractivity contribution in [3.63, 3.8) is 0 Å². The van der Waals surface area contributed by atoms with Gasteiger partial charge in [0.2, 0.25) is 4.87 Å². The van der Waals surface area contributed by atoms with E-state index >= 15 is 0 Å². The molecule has 1 aromatic rings. The van der Waals surface area contributed by atoms with Crippen LogP contribution in [-0.2, 0) is 15.2 Å². The first-order valence-corrected chi connectivity index (χ1v) is 13.1. The second kappa shape index (κ2) is 6.45. The van der Waals surface area contributed by atoms with E-state index in [9.17, 15) is 19.8 Å². The number of carbonyl (C=O) groups is 2. The summed E-state index contributed by atoms with van der Waals surface area (Å²) in [6.45, 7) is 1.67. The standard InChI is InChI=1S/C18H20ClN3O6S3/c1-16-14(24)22-13-17(26,12(23)18(22,30-31-29-16)15(25)21(16)3)7-6-8(19)10(27-4)11(28-5)9(7)20(13)2/h6,12-13,23,26H,1-5H3/t12-,13-,16+,17-,18-/m1/s1. The molecule has 4 fully saturated rings. The number of hydrogen-bond donors (Lipinski definition) is 2. The van der Waals surface area contributed by atoms with Gasteiger partial charge < -0.3 is 29.5 Å². The van der Waals surface area contributed by atoms with Crippen LogP contribution in [0, 0.1) is 0 Å². The predicted octanol–water partition coefficient (Wildman–Crippen LogP) is 1.45. The van der Waals surface area contributed by atoms with Gasteiger partial charge in [0.05, 0.1) is 24.9 Å². The predicted molar refractivity (Wildman–Crippen MR) is 120 cm³/mol. The Labute approximate surface area is 195 Å². The van der Waals surface area contributed by atoms with Crippen LogP contribution in [0.5, 0.6) is 11.5 Å². The summed E-state index contributed by atoms with van der Waals surface area (Å²) in [7, 11) is 9.72. The van der Waals surface area contributed by atoms with Crippen LogP contribution in [0.25, 0.3) is 0 Å². The summed E-state index contributed by atoms with van der Waals surface area (Å²) in [4.78, 5) is 28.8. The average Bonchev–Trinajstić information content (AvgIpc) is 2.97. The Morgan fingerprint density at radius 2 is 1.77 bits per heavy atom. The van der Waals surface area contributed by atoms with Crippen LogP contribution >= 0.6 is 43.0 Å². The minimum atomic E-state index is -1.99. The van der Waals surface area contributed by atoms with Gasteiger partial charge in [-0.25, -0.2) is 0 Å². The number of fused-ring (bicyclic) bond motifs is 6. The van der Waals surface area contributed by atoms with E-state index < -0.39 is 33.5 Å². The Bertz CT molecular complexity index is 1050. The summed E-state index contributed by atoms with van der Waals surface area (Å²) in [5, 5.41) is 23.8. The van der Waals surface area contributed by atoms with Crippen molar-refractivity contribution in [3.05, 3.63) is 16.7 Å². The maximum Gasteiger partial charge on any atom is 0.264 e. The summed E-state index contributed by atoms with van der Waals surface area (Å²) in [5.41, 5.74) is -1.28. The van der Waals surface area contributed by atoms with Gasteiger partial charge in [-0.15, -0.1) is 0 Å². The number of nitrogens with zero attached hydrogens (tertiary/aromatic N) is 3. The molecule has 5 atom stereocenters. The number of benzene rings is 1. The topological polar surface area (TPSA) is 103 Å². The SMILES string of the molecule is COc1c(Cl)cc2c(c1OC)N(C)[C@@H]1N3C(=O)[C@]4(C)SSS[C@@]3(C(=O)N4C)[C@H](O)[C@]21O. The number of piperazine rings is 1. The number of hydrogen-bond acceptors (Lipinski definition) is 10. The van der Waals surface area contributed by atoms with E-state index in [1.54, 1.807) is 25.9 Å². The smallest absolute Gasteiger partial charge is 0.264 e. The minimum absolute atomic E-state index is 0.177. The first-order valence-electron chi connectivity index (χ1n) is 9.27. The second-order valence-electron chi connectivity index (χ2n) is 7.99. The molecule has 168 valence electrons. The van der Waals surface area contributed by atoms with Crippen molar-refractivity contribution in [2.45, 2.75) is 34.5 Å². The zero-order valence-electron chi connectivity index (χ0n) is 17.2. The van der Waals surface area contributed by atoms with Crippen LogP contribution in [0.4, 0.5) is 5.69 Å². The summed E-state index contributed by atoms with van der Waals surface area (Å²) in [6.07, 6.45) is -2.67. The molecule has 5 heterocycles. The van der Waals surface area contributed by atoms with Gasteiger partial charge in [0.25, 0.3) is 11.8 Å². The van der Waals surface area contributed by atoms with Crippen molar-refractivity contribution in [1.82, 2.24) is 9.80 Å². The Balaban J connectivity index is 1.82. The number of anilines is 1. The molecular weight excluding hydrogens is 486 g/mol. The largest absolute Gasteiger partial charge is 0.491 e. The molecule has 1 spiro atoms. The number of halogens is 1. The zero-order valence-corrected chi connectivity index (χ0v) is 20.4. The third-order valence-corrected chi connectivity index (χ3v) is 12.1. The lowest BCUT2D eigenvalue weighted by Crippen LogP contribution is -2.73. The maximum absolute atomic E-state index is 13.8. The van der Waals surface area contributed by atoms with Crippen LogP contribution in [-0.4, -0.2) is 82.2 Å².